The molecule has 1 aromatic heterocycles. The molecule has 1 aliphatic rings. The molecule has 0 aliphatic carbocycles. The molecular weight excluding hydrogens is 242 g/mol. The van der Waals surface area contributed by atoms with Crippen LogP contribution in [0.25, 0.3) is 0 Å². The number of hydrogen-bond donors (Lipinski definition) is 0. The van der Waals surface area contributed by atoms with E-state index in [0.29, 0.717) is 5.92 Å². The molecule has 1 aromatic rings. The second-order valence-corrected chi connectivity index (χ2v) is 5.19. The molecule has 2 heterocycles. The van der Waals surface area contributed by atoms with Crippen LogP contribution < -0.4 is 0 Å². The van der Waals surface area contributed by atoms with Gasteiger partial charge in [-0.25, -0.2) is 0 Å². The van der Waals surface area contributed by atoms with Gasteiger partial charge in [-0.3, -0.25) is 4.98 Å². The van der Waals surface area contributed by atoms with Gasteiger partial charge in [0.05, 0.1) is 6.61 Å². The third kappa shape index (κ3) is 1.98. The van der Waals surface area contributed by atoms with Gasteiger partial charge in [0, 0.05) is 22.4 Å². The van der Waals surface area contributed by atoms with Crippen LogP contribution in [0.1, 0.15) is 25.8 Å². The molecule has 3 heteroatoms. The van der Waals surface area contributed by atoms with Gasteiger partial charge in [-0.2, -0.15) is 0 Å². The van der Waals surface area contributed by atoms with Gasteiger partial charge in [-0.15, -0.1) is 0 Å². The van der Waals surface area contributed by atoms with Crippen molar-refractivity contribution in [3.63, 3.8) is 0 Å². The van der Waals surface area contributed by atoms with E-state index < -0.39 is 0 Å². The maximum atomic E-state index is 5.59. The first-order chi connectivity index (χ1) is 6.62. The maximum Gasteiger partial charge on any atom is 0.118 e. The number of pyridine rings is 1. The normalized spacial score (nSPS) is 25.4. The summed E-state index contributed by atoms with van der Waals surface area (Å²) in [6.07, 6.45) is 4.78. The highest BCUT2D eigenvalue weighted by Crippen LogP contribution is 2.44. The lowest BCUT2D eigenvalue weighted by atomic mass is 9.92. The SMILES string of the molecule is CC(C)C[C@]1(c2cncc(Br)c2)CO1. The van der Waals surface area contributed by atoms with Crippen molar-refractivity contribution in [2.45, 2.75) is 25.9 Å². The molecule has 0 amide bonds. The predicted octanol–water partition coefficient (Wildman–Crippen LogP) is 3.12. The fourth-order valence-electron chi connectivity index (χ4n) is 1.81. The van der Waals surface area contributed by atoms with Crippen LogP contribution in [0, 0.1) is 5.92 Å². The molecule has 1 saturated heterocycles. The Bertz CT molecular complexity index is 334. The Balaban J connectivity index is 2.22. The third-order valence-electron chi connectivity index (χ3n) is 2.46. The van der Waals surface area contributed by atoms with E-state index in [1.807, 2.05) is 6.20 Å². The quantitative estimate of drug-likeness (QED) is 0.776. The molecule has 0 radical (unpaired) electrons. The molecule has 2 rings (SSSR count). The highest BCUT2D eigenvalue weighted by atomic mass is 79.9. The van der Waals surface area contributed by atoms with Crippen LogP contribution in [-0.2, 0) is 10.3 Å². The number of ether oxygens (including phenoxy) is 1. The molecule has 14 heavy (non-hydrogen) atoms. The first-order valence-corrected chi connectivity index (χ1v) is 5.67. The van der Waals surface area contributed by atoms with Crippen LogP contribution in [0.2, 0.25) is 0 Å². The van der Waals surface area contributed by atoms with Crippen molar-refractivity contribution in [1.29, 1.82) is 0 Å². The fourth-order valence-corrected chi connectivity index (χ4v) is 2.17. The van der Waals surface area contributed by atoms with Gasteiger partial charge in [-0.05, 0) is 34.3 Å². The maximum absolute atomic E-state index is 5.59. The number of nitrogens with zero attached hydrogens (tertiary/aromatic N) is 1. The molecule has 0 N–H and O–H groups in total. The minimum Gasteiger partial charge on any atom is -0.364 e. The monoisotopic (exact) mass is 255 g/mol. The molecule has 0 bridgehead atoms. The van der Waals surface area contributed by atoms with Crippen LogP contribution in [0.3, 0.4) is 0 Å². The molecule has 2 nitrogen and oxygen atoms in total. The van der Waals surface area contributed by atoms with Crippen molar-refractivity contribution in [3.8, 4) is 0 Å². The van der Waals surface area contributed by atoms with Gasteiger partial charge in [0.1, 0.15) is 5.60 Å². The molecule has 0 spiro atoms. The zero-order chi connectivity index (χ0) is 10.2. The van der Waals surface area contributed by atoms with Crippen LogP contribution in [0.5, 0.6) is 0 Å². The number of rotatable bonds is 3. The van der Waals surface area contributed by atoms with E-state index in [4.69, 9.17) is 4.74 Å². The first-order valence-electron chi connectivity index (χ1n) is 4.87. The number of hydrogen-bond acceptors (Lipinski definition) is 2. The molecule has 76 valence electrons. The molecule has 1 fully saturated rings. The third-order valence-corrected chi connectivity index (χ3v) is 2.90. The Morgan fingerprint density at radius 2 is 2.29 bits per heavy atom. The summed E-state index contributed by atoms with van der Waals surface area (Å²) in [6.45, 7) is 5.27. The summed E-state index contributed by atoms with van der Waals surface area (Å²) in [7, 11) is 0. The van der Waals surface area contributed by atoms with Crippen LogP contribution in [-0.4, -0.2) is 11.6 Å². The van der Waals surface area contributed by atoms with Crippen molar-refractivity contribution >= 4 is 15.9 Å². The van der Waals surface area contributed by atoms with Crippen molar-refractivity contribution in [3.05, 3.63) is 28.5 Å². The molecule has 1 aliphatic heterocycles. The van der Waals surface area contributed by atoms with E-state index in [2.05, 4.69) is 40.8 Å². The summed E-state index contributed by atoms with van der Waals surface area (Å²) in [5, 5.41) is 0. The predicted molar refractivity (Wildman–Crippen MR) is 59.0 cm³/mol. The number of epoxide rings is 1. The van der Waals surface area contributed by atoms with Gasteiger partial charge in [0.15, 0.2) is 0 Å². The Morgan fingerprint density at radius 1 is 1.57 bits per heavy atom. The summed E-state index contributed by atoms with van der Waals surface area (Å²) < 4.78 is 6.61. The van der Waals surface area contributed by atoms with Crippen molar-refractivity contribution in [2.24, 2.45) is 5.92 Å². The van der Waals surface area contributed by atoms with Gasteiger partial charge < -0.3 is 4.74 Å². The van der Waals surface area contributed by atoms with Crippen LogP contribution in [0.15, 0.2) is 22.9 Å². The Hall–Kier alpha value is -0.410. The van der Waals surface area contributed by atoms with Crippen molar-refractivity contribution in [1.82, 2.24) is 4.98 Å². The Morgan fingerprint density at radius 3 is 2.79 bits per heavy atom. The lowest BCUT2D eigenvalue weighted by Crippen LogP contribution is -2.12. The minimum absolute atomic E-state index is 0.0368. The second-order valence-electron chi connectivity index (χ2n) is 4.27. The van der Waals surface area contributed by atoms with E-state index in [9.17, 15) is 0 Å². The van der Waals surface area contributed by atoms with Gasteiger partial charge in [0.25, 0.3) is 0 Å². The van der Waals surface area contributed by atoms with Gasteiger partial charge >= 0.3 is 0 Å². The molecule has 1 atom stereocenters. The van der Waals surface area contributed by atoms with Gasteiger partial charge in [-0.1, -0.05) is 13.8 Å². The summed E-state index contributed by atoms with van der Waals surface area (Å²) in [5.41, 5.74) is 1.16. The first kappa shape index (κ1) is 10.1. The molecular formula is C11H14BrNO. The standard InChI is InChI=1S/C11H14BrNO/c1-8(2)4-11(7-14-11)9-3-10(12)6-13-5-9/h3,5-6,8H,4,7H2,1-2H3/t11-/m1/s1. The van der Waals surface area contributed by atoms with E-state index in [1.54, 1.807) is 6.20 Å². The topological polar surface area (TPSA) is 25.4 Å². The zero-order valence-electron chi connectivity index (χ0n) is 8.46. The highest BCUT2D eigenvalue weighted by Gasteiger charge is 2.46. The Kier molecular flexibility index (Phi) is 2.62. The van der Waals surface area contributed by atoms with Crippen LogP contribution in [0.4, 0.5) is 0 Å². The lowest BCUT2D eigenvalue weighted by Gasteiger charge is -2.14. The average molecular weight is 256 g/mol. The van der Waals surface area contributed by atoms with E-state index in [0.717, 1.165) is 17.5 Å². The average Bonchev–Trinajstić information content (AvgIpc) is 2.84. The fraction of sp³-hybridized carbons (Fsp3) is 0.545. The van der Waals surface area contributed by atoms with E-state index >= 15 is 0 Å². The number of aromatic nitrogens is 1. The van der Waals surface area contributed by atoms with Crippen molar-refractivity contribution in [2.75, 3.05) is 6.61 Å². The smallest absolute Gasteiger partial charge is 0.118 e. The second kappa shape index (κ2) is 3.63. The summed E-state index contributed by atoms with van der Waals surface area (Å²) in [6, 6.07) is 2.10. The van der Waals surface area contributed by atoms with Gasteiger partial charge in [0.2, 0.25) is 0 Å². The molecule has 0 unspecified atom stereocenters. The van der Waals surface area contributed by atoms with Crippen LogP contribution >= 0.6 is 15.9 Å². The van der Waals surface area contributed by atoms with Crippen molar-refractivity contribution < 1.29 is 4.74 Å². The highest BCUT2D eigenvalue weighted by molar-refractivity contribution is 9.10. The lowest BCUT2D eigenvalue weighted by molar-refractivity contribution is 0.266. The minimum atomic E-state index is -0.0368. The molecule has 0 saturated carbocycles. The summed E-state index contributed by atoms with van der Waals surface area (Å²) >= 11 is 3.43. The Labute approximate surface area is 92.8 Å². The zero-order valence-corrected chi connectivity index (χ0v) is 10.0. The molecule has 0 aromatic carbocycles. The van der Waals surface area contributed by atoms with E-state index in [1.165, 1.54) is 5.56 Å². The summed E-state index contributed by atoms with van der Waals surface area (Å²) in [5.74, 6) is 0.650. The summed E-state index contributed by atoms with van der Waals surface area (Å²) in [4.78, 5) is 4.17. The largest absolute Gasteiger partial charge is 0.364 e. The van der Waals surface area contributed by atoms with E-state index in [-0.39, 0.29) is 5.60 Å². The number of halogens is 1.